The van der Waals surface area contributed by atoms with E-state index < -0.39 is 0 Å². The molecule has 0 spiro atoms. The zero-order valence-electron chi connectivity index (χ0n) is 16.0. The van der Waals surface area contributed by atoms with Gasteiger partial charge in [-0.1, -0.05) is 12.1 Å². The predicted octanol–water partition coefficient (Wildman–Crippen LogP) is 4.88. The van der Waals surface area contributed by atoms with E-state index >= 15 is 0 Å². The lowest BCUT2D eigenvalue weighted by Crippen LogP contribution is -2.37. The Balaban J connectivity index is 1.56. The SMILES string of the molecule is CC1c2cc(N3CCOCC3)ccc2C(c2ccc3sccc3c2)CN1C. The number of benzene rings is 2. The van der Waals surface area contributed by atoms with Gasteiger partial charge in [0, 0.05) is 42.0 Å². The van der Waals surface area contributed by atoms with Gasteiger partial charge in [0.25, 0.3) is 0 Å². The summed E-state index contributed by atoms with van der Waals surface area (Å²) >= 11 is 1.82. The van der Waals surface area contributed by atoms with Gasteiger partial charge in [-0.05, 0) is 71.8 Å². The molecule has 0 saturated carbocycles. The first-order valence-corrected chi connectivity index (χ1v) is 10.7. The highest BCUT2D eigenvalue weighted by atomic mass is 32.1. The van der Waals surface area contributed by atoms with Crippen molar-refractivity contribution in [1.29, 1.82) is 0 Å². The average Bonchev–Trinajstić information content (AvgIpc) is 3.19. The highest BCUT2D eigenvalue weighted by molar-refractivity contribution is 7.17. The Bertz CT molecular complexity index is 960. The molecule has 3 nitrogen and oxygen atoms in total. The molecule has 3 aromatic rings. The number of hydrogen-bond donors (Lipinski definition) is 0. The number of ether oxygens (including phenoxy) is 1. The van der Waals surface area contributed by atoms with Gasteiger partial charge in [0.05, 0.1) is 13.2 Å². The Hall–Kier alpha value is -1.88. The van der Waals surface area contributed by atoms with Crippen LogP contribution in [0.15, 0.2) is 47.8 Å². The summed E-state index contributed by atoms with van der Waals surface area (Å²) in [6.45, 7) is 7.04. The Morgan fingerprint density at radius 2 is 1.85 bits per heavy atom. The number of thiophene rings is 1. The van der Waals surface area contributed by atoms with Crippen LogP contribution in [-0.4, -0.2) is 44.8 Å². The van der Waals surface area contributed by atoms with Crippen molar-refractivity contribution in [2.24, 2.45) is 0 Å². The smallest absolute Gasteiger partial charge is 0.0642 e. The Morgan fingerprint density at radius 1 is 1.00 bits per heavy atom. The number of anilines is 1. The lowest BCUT2D eigenvalue weighted by molar-refractivity contribution is 0.122. The summed E-state index contributed by atoms with van der Waals surface area (Å²) in [5, 5.41) is 3.55. The highest BCUT2D eigenvalue weighted by Crippen LogP contribution is 2.41. The van der Waals surface area contributed by atoms with Crippen molar-refractivity contribution in [2.75, 3.05) is 44.8 Å². The van der Waals surface area contributed by atoms with Gasteiger partial charge in [0.1, 0.15) is 0 Å². The second kappa shape index (κ2) is 6.93. The molecule has 2 aliphatic heterocycles. The van der Waals surface area contributed by atoms with Crippen molar-refractivity contribution in [3.8, 4) is 0 Å². The van der Waals surface area contributed by atoms with Crippen molar-refractivity contribution in [1.82, 2.24) is 4.90 Å². The maximum Gasteiger partial charge on any atom is 0.0642 e. The molecular formula is C23H26N2OS. The van der Waals surface area contributed by atoms with E-state index in [-0.39, 0.29) is 0 Å². The maximum absolute atomic E-state index is 5.53. The van der Waals surface area contributed by atoms with E-state index in [4.69, 9.17) is 4.74 Å². The molecule has 140 valence electrons. The van der Waals surface area contributed by atoms with E-state index in [0.717, 1.165) is 32.8 Å². The molecule has 5 rings (SSSR count). The second-order valence-corrected chi connectivity index (χ2v) is 8.75. The first-order chi connectivity index (χ1) is 13.2. The van der Waals surface area contributed by atoms with Crippen LogP contribution >= 0.6 is 11.3 Å². The molecule has 1 fully saturated rings. The predicted molar refractivity (Wildman–Crippen MR) is 114 cm³/mol. The van der Waals surface area contributed by atoms with Gasteiger partial charge >= 0.3 is 0 Å². The van der Waals surface area contributed by atoms with Crippen molar-refractivity contribution in [2.45, 2.75) is 18.9 Å². The fourth-order valence-electron chi connectivity index (χ4n) is 4.53. The van der Waals surface area contributed by atoms with E-state index in [1.54, 1.807) is 0 Å². The Kier molecular flexibility index (Phi) is 4.43. The molecule has 0 radical (unpaired) electrons. The monoisotopic (exact) mass is 378 g/mol. The van der Waals surface area contributed by atoms with Crippen LogP contribution in [-0.2, 0) is 4.74 Å². The van der Waals surface area contributed by atoms with Crippen LogP contribution in [0.3, 0.4) is 0 Å². The standard InChI is InChI=1S/C23H26N2OS/c1-16-21-14-19(25-8-10-26-11-9-25)4-5-20(21)22(15-24(16)2)17-3-6-23-18(13-17)7-12-27-23/h3-7,12-14,16,22H,8-11,15H2,1-2H3. The van der Waals surface area contributed by atoms with Crippen LogP contribution in [0.4, 0.5) is 5.69 Å². The minimum absolute atomic E-state index is 0.434. The zero-order valence-corrected chi connectivity index (χ0v) is 16.8. The van der Waals surface area contributed by atoms with Gasteiger partial charge in [-0.2, -0.15) is 0 Å². The number of nitrogens with zero attached hydrogens (tertiary/aromatic N) is 2. The summed E-state index contributed by atoms with van der Waals surface area (Å²) in [5.41, 5.74) is 5.74. The highest BCUT2D eigenvalue weighted by Gasteiger charge is 2.30. The van der Waals surface area contributed by atoms with Gasteiger partial charge in [0.15, 0.2) is 0 Å². The zero-order chi connectivity index (χ0) is 18.4. The van der Waals surface area contributed by atoms with Crippen LogP contribution in [0.5, 0.6) is 0 Å². The minimum Gasteiger partial charge on any atom is -0.378 e. The molecular weight excluding hydrogens is 352 g/mol. The molecule has 0 bridgehead atoms. The molecule has 0 amide bonds. The molecule has 0 N–H and O–H groups in total. The van der Waals surface area contributed by atoms with Crippen molar-refractivity contribution in [3.63, 3.8) is 0 Å². The van der Waals surface area contributed by atoms with Crippen molar-refractivity contribution >= 4 is 27.1 Å². The van der Waals surface area contributed by atoms with Gasteiger partial charge < -0.3 is 9.64 Å². The Morgan fingerprint density at radius 3 is 2.70 bits per heavy atom. The molecule has 2 unspecified atom stereocenters. The topological polar surface area (TPSA) is 15.7 Å². The van der Waals surface area contributed by atoms with Gasteiger partial charge in [0.2, 0.25) is 0 Å². The molecule has 0 aliphatic carbocycles. The summed E-state index contributed by atoms with van der Waals surface area (Å²) in [6, 6.07) is 16.8. The lowest BCUT2D eigenvalue weighted by atomic mass is 9.81. The fraction of sp³-hybridized carbons (Fsp3) is 0.391. The summed E-state index contributed by atoms with van der Waals surface area (Å²) < 4.78 is 6.90. The molecule has 2 aromatic carbocycles. The normalized spacial score (nSPS) is 23.6. The summed E-state index contributed by atoms with van der Waals surface area (Å²) in [7, 11) is 2.26. The van der Waals surface area contributed by atoms with Crippen molar-refractivity contribution < 1.29 is 4.74 Å². The molecule has 27 heavy (non-hydrogen) atoms. The molecule has 2 atom stereocenters. The summed E-state index contributed by atoms with van der Waals surface area (Å²) in [6.07, 6.45) is 0. The van der Waals surface area contributed by atoms with Gasteiger partial charge in [-0.15, -0.1) is 11.3 Å². The van der Waals surface area contributed by atoms with E-state index in [9.17, 15) is 0 Å². The molecule has 1 saturated heterocycles. The van der Waals surface area contributed by atoms with E-state index in [1.165, 1.54) is 32.5 Å². The van der Waals surface area contributed by atoms with Crippen LogP contribution in [0.1, 0.15) is 35.6 Å². The van der Waals surface area contributed by atoms with Crippen LogP contribution in [0.2, 0.25) is 0 Å². The third-order valence-electron chi connectivity index (χ3n) is 6.28. The van der Waals surface area contributed by atoms with Crippen LogP contribution < -0.4 is 4.90 Å². The minimum atomic E-state index is 0.434. The van der Waals surface area contributed by atoms with Crippen LogP contribution in [0.25, 0.3) is 10.1 Å². The quantitative estimate of drug-likeness (QED) is 0.632. The third kappa shape index (κ3) is 3.06. The lowest BCUT2D eigenvalue weighted by Gasteiger charge is -2.39. The molecule has 2 aliphatic rings. The van der Waals surface area contributed by atoms with Crippen LogP contribution in [0, 0.1) is 0 Å². The van der Waals surface area contributed by atoms with Crippen molar-refractivity contribution in [3.05, 3.63) is 64.5 Å². The van der Waals surface area contributed by atoms with E-state index in [0.29, 0.717) is 12.0 Å². The third-order valence-corrected chi connectivity index (χ3v) is 7.18. The van der Waals surface area contributed by atoms with Gasteiger partial charge in [-0.3, -0.25) is 4.90 Å². The maximum atomic E-state index is 5.53. The summed E-state index contributed by atoms with van der Waals surface area (Å²) in [5.74, 6) is 0.434. The van der Waals surface area contributed by atoms with Gasteiger partial charge in [-0.25, -0.2) is 0 Å². The number of rotatable bonds is 2. The number of hydrogen-bond acceptors (Lipinski definition) is 4. The molecule has 3 heterocycles. The Labute approximate surface area is 165 Å². The average molecular weight is 379 g/mol. The van der Waals surface area contributed by atoms with E-state index in [1.807, 2.05) is 11.3 Å². The summed E-state index contributed by atoms with van der Waals surface area (Å²) in [4.78, 5) is 4.95. The fourth-order valence-corrected chi connectivity index (χ4v) is 5.30. The first-order valence-electron chi connectivity index (χ1n) is 9.84. The largest absolute Gasteiger partial charge is 0.378 e. The first kappa shape index (κ1) is 17.2. The number of morpholine rings is 1. The number of likely N-dealkylation sites (N-methyl/N-ethyl adjacent to an activating group) is 1. The second-order valence-electron chi connectivity index (χ2n) is 7.80. The molecule has 1 aromatic heterocycles. The molecule has 4 heteroatoms. The number of fused-ring (bicyclic) bond motifs is 2. The van der Waals surface area contributed by atoms with E-state index in [2.05, 4.69) is 71.6 Å².